The third kappa shape index (κ3) is 3.80. The maximum absolute atomic E-state index is 13.1. The van der Waals surface area contributed by atoms with Gasteiger partial charge < -0.3 is 9.84 Å². The van der Waals surface area contributed by atoms with Crippen molar-refractivity contribution in [1.82, 2.24) is 20.3 Å². The molecule has 0 aliphatic rings. The molecule has 2 N–H and O–H groups in total. The monoisotopic (exact) mass is 377 g/mol. The molecule has 4 aromatic rings. The van der Waals surface area contributed by atoms with E-state index in [-0.39, 0.29) is 11.7 Å². The van der Waals surface area contributed by atoms with Gasteiger partial charge in [0, 0.05) is 11.3 Å². The highest BCUT2D eigenvalue weighted by Gasteiger charge is 2.14. The molecular formula is C20H16FN5O2. The Balaban J connectivity index is 1.52. The van der Waals surface area contributed by atoms with Crippen LogP contribution in [0.5, 0.6) is 0 Å². The second-order valence-corrected chi connectivity index (χ2v) is 6.20. The summed E-state index contributed by atoms with van der Waals surface area (Å²) in [7, 11) is 0. The highest BCUT2D eigenvalue weighted by atomic mass is 19.1. The van der Waals surface area contributed by atoms with E-state index in [0.717, 1.165) is 5.56 Å². The van der Waals surface area contributed by atoms with Crippen LogP contribution < -0.4 is 5.32 Å². The fraction of sp³-hybridized carbons (Fsp3) is 0.100. The molecule has 8 heteroatoms. The Kier molecular flexibility index (Phi) is 4.67. The van der Waals surface area contributed by atoms with Crippen molar-refractivity contribution >= 4 is 11.6 Å². The molecule has 0 saturated carbocycles. The lowest BCUT2D eigenvalue weighted by Crippen LogP contribution is -2.14. The Morgan fingerprint density at radius 1 is 1.18 bits per heavy atom. The third-order valence-electron chi connectivity index (χ3n) is 4.14. The molecule has 0 unspecified atom stereocenters. The first-order chi connectivity index (χ1) is 13.6. The average molecular weight is 377 g/mol. The van der Waals surface area contributed by atoms with E-state index in [9.17, 15) is 9.18 Å². The number of H-pyrrole nitrogens is 1. The number of hydrogen-bond donors (Lipinski definition) is 2. The zero-order valence-electron chi connectivity index (χ0n) is 14.9. The van der Waals surface area contributed by atoms with E-state index in [0.29, 0.717) is 40.8 Å². The average Bonchev–Trinajstić information content (AvgIpc) is 3.33. The maximum Gasteiger partial charge on any atom is 0.273 e. The zero-order chi connectivity index (χ0) is 19.5. The number of amides is 1. The number of anilines is 1. The van der Waals surface area contributed by atoms with Gasteiger partial charge in [0.1, 0.15) is 11.5 Å². The summed E-state index contributed by atoms with van der Waals surface area (Å²) in [6.07, 6.45) is 0.404. The van der Waals surface area contributed by atoms with Crippen LogP contribution in [0.2, 0.25) is 0 Å². The molecule has 0 bridgehead atoms. The molecule has 0 spiro atoms. The molecule has 0 aliphatic carbocycles. The van der Waals surface area contributed by atoms with Gasteiger partial charge in [-0.15, -0.1) is 0 Å². The lowest BCUT2D eigenvalue weighted by molar-refractivity contribution is 0.102. The summed E-state index contributed by atoms with van der Waals surface area (Å²) in [5.74, 6) is 0.363. The van der Waals surface area contributed by atoms with Gasteiger partial charge >= 0.3 is 0 Å². The second-order valence-electron chi connectivity index (χ2n) is 6.20. The van der Waals surface area contributed by atoms with Gasteiger partial charge in [0.25, 0.3) is 5.91 Å². The number of aromatic nitrogens is 4. The molecule has 2 aromatic heterocycles. The first-order valence-corrected chi connectivity index (χ1v) is 8.58. The predicted molar refractivity (Wildman–Crippen MR) is 100 cm³/mol. The molecular weight excluding hydrogens is 361 g/mol. The Labute approximate surface area is 159 Å². The molecule has 28 heavy (non-hydrogen) atoms. The number of hydrogen-bond acceptors (Lipinski definition) is 5. The minimum Gasteiger partial charge on any atom is -0.339 e. The Morgan fingerprint density at radius 3 is 2.71 bits per heavy atom. The van der Waals surface area contributed by atoms with Gasteiger partial charge in [0.2, 0.25) is 5.89 Å². The van der Waals surface area contributed by atoms with Gasteiger partial charge in [0.15, 0.2) is 5.82 Å². The van der Waals surface area contributed by atoms with Crippen LogP contribution in [0.25, 0.3) is 11.3 Å². The summed E-state index contributed by atoms with van der Waals surface area (Å²) in [5, 5.41) is 13.5. The summed E-state index contributed by atoms with van der Waals surface area (Å²) >= 11 is 0. The van der Waals surface area contributed by atoms with Gasteiger partial charge in [-0.3, -0.25) is 9.89 Å². The molecule has 0 fully saturated rings. The number of aromatic amines is 1. The van der Waals surface area contributed by atoms with Crippen LogP contribution in [0, 0.1) is 12.7 Å². The smallest absolute Gasteiger partial charge is 0.273 e. The number of nitrogens with zero attached hydrogens (tertiary/aromatic N) is 3. The third-order valence-corrected chi connectivity index (χ3v) is 4.14. The van der Waals surface area contributed by atoms with Gasteiger partial charge in [-0.1, -0.05) is 23.4 Å². The number of carbonyl (C=O) groups excluding carboxylic acids is 1. The molecule has 7 nitrogen and oxygen atoms in total. The number of nitrogens with one attached hydrogen (secondary N) is 2. The molecule has 2 aromatic carbocycles. The van der Waals surface area contributed by atoms with Crippen LogP contribution in [0.3, 0.4) is 0 Å². The largest absolute Gasteiger partial charge is 0.339 e. The highest BCUT2D eigenvalue weighted by molar-refractivity contribution is 6.03. The lowest BCUT2D eigenvalue weighted by atomic mass is 10.1. The van der Waals surface area contributed by atoms with Crippen molar-refractivity contribution in [2.24, 2.45) is 0 Å². The number of rotatable bonds is 5. The number of carbonyl (C=O) groups is 1. The minimum atomic E-state index is -0.338. The normalized spacial score (nSPS) is 10.8. The van der Waals surface area contributed by atoms with Gasteiger partial charge in [-0.25, -0.2) is 4.39 Å². The minimum absolute atomic E-state index is 0.294. The molecule has 0 aliphatic heterocycles. The first kappa shape index (κ1) is 17.6. The Hall–Kier alpha value is -3.81. The summed E-state index contributed by atoms with van der Waals surface area (Å²) in [6.45, 7) is 1.75. The standard InChI is InChI=1S/C20H16FN5O2/c1-12-22-19(28-26-12)10-14-4-2-3-5-16(14)23-20(27)18-11-17(24-25-18)13-6-8-15(21)9-7-13/h2-9,11H,10H2,1H3,(H,23,27)(H,24,25). The molecule has 140 valence electrons. The van der Waals surface area contributed by atoms with Crippen molar-refractivity contribution in [3.63, 3.8) is 0 Å². The van der Waals surface area contributed by atoms with Crippen LogP contribution in [0.1, 0.15) is 27.8 Å². The molecule has 4 rings (SSSR count). The van der Waals surface area contributed by atoms with Crippen molar-refractivity contribution in [3.8, 4) is 11.3 Å². The Bertz CT molecular complexity index is 1120. The molecule has 0 atom stereocenters. The van der Waals surface area contributed by atoms with Crippen LogP contribution in [0.4, 0.5) is 10.1 Å². The zero-order valence-corrected chi connectivity index (χ0v) is 14.9. The fourth-order valence-electron chi connectivity index (χ4n) is 2.77. The molecule has 0 saturated heterocycles. The molecule has 0 radical (unpaired) electrons. The quantitative estimate of drug-likeness (QED) is 0.552. The fourth-order valence-corrected chi connectivity index (χ4v) is 2.77. The van der Waals surface area contributed by atoms with E-state index in [1.54, 1.807) is 31.2 Å². The van der Waals surface area contributed by atoms with Crippen molar-refractivity contribution in [2.45, 2.75) is 13.3 Å². The maximum atomic E-state index is 13.1. The second kappa shape index (κ2) is 7.43. The number of para-hydroxylation sites is 1. The van der Waals surface area contributed by atoms with E-state index in [2.05, 4.69) is 25.7 Å². The SMILES string of the molecule is Cc1noc(Cc2ccccc2NC(=O)c2cc(-c3ccc(F)cc3)n[nH]2)n1. The summed E-state index contributed by atoms with van der Waals surface area (Å²) in [5.41, 5.74) is 3.05. The van der Waals surface area contributed by atoms with Crippen LogP contribution in [0.15, 0.2) is 59.1 Å². The number of aryl methyl sites for hydroxylation is 1. The van der Waals surface area contributed by atoms with Crippen molar-refractivity contribution in [3.05, 3.63) is 83.4 Å². The first-order valence-electron chi connectivity index (χ1n) is 8.58. The van der Waals surface area contributed by atoms with Gasteiger partial charge in [0.05, 0.1) is 12.1 Å². The topological polar surface area (TPSA) is 96.7 Å². The molecule has 2 heterocycles. The van der Waals surface area contributed by atoms with E-state index < -0.39 is 0 Å². The van der Waals surface area contributed by atoms with E-state index >= 15 is 0 Å². The van der Waals surface area contributed by atoms with Crippen LogP contribution in [-0.2, 0) is 6.42 Å². The van der Waals surface area contributed by atoms with Crippen molar-refractivity contribution in [1.29, 1.82) is 0 Å². The van der Waals surface area contributed by atoms with Crippen molar-refractivity contribution < 1.29 is 13.7 Å². The van der Waals surface area contributed by atoms with Crippen LogP contribution >= 0.6 is 0 Å². The van der Waals surface area contributed by atoms with E-state index in [4.69, 9.17) is 4.52 Å². The lowest BCUT2D eigenvalue weighted by Gasteiger charge is -2.08. The summed E-state index contributed by atoms with van der Waals surface area (Å²) in [6, 6.07) is 14.9. The van der Waals surface area contributed by atoms with Crippen LogP contribution in [-0.4, -0.2) is 26.2 Å². The highest BCUT2D eigenvalue weighted by Crippen LogP contribution is 2.21. The van der Waals surface area contributed by atoms with Crippen molar-refractivity contribution in [2.75, 3.05) is 5.32 Å². The Morgan fingerprint density at radius 2 is 1.96 bits per heavy atom. The summed E-state index contributed by atoms with van der Waals surface area (Å²) in [4.78, 5) is 16.8. The molecule has 1 amide bonds. The van der Waals surface area contributed by atoms with Gasteiger partial charge in [-0.05, 0) is 48.9 Å². The van der Waals surface area contributed by atoms with Gasteiger partial charge in [-0.2, -0.15) is 10.1 Å². The number of halogens is 1. The van der Waals surface area contributed by atoms with E-state index in [1.165, 1.54) is 12.1 Å². The van der Waals surface area contributed by atoms with E-state index in [1.807, 2.05) is 18.2 Å². The summed E-state index contributed by atoms with van der Waals surface area (Å²) < 4.78 is 18.2. The number of benzene rings is 2. The predicted octanol–water partition coefficient (Wildman–Crippen LogP) is 3.75.